The molecule has 0 saturated heterocycles. The molecule has 2 spiro atoms. The Morgan fingerprint density at radius 3 is 0.891 bits per heavy atom. The summed E-state index contributed by atoms with van der Waals surface area (Å²) >= 11 is 3.78. The molecular formula is C100H64BBrN6O2. The Labute approximate surface area is 645 Å². The van der Waals surface area contributed by atoms with E-state index in [1.807, 2.05) is 127 Å². The van der Waals surface area contributed by atoms with Gasteiger partial charge in [0.25, 0.3) is 0 Å². The lowest BCUT2D eigenvalue weighted by Crippen LogP contribution is -2.32. The molecule has 0 amide bonds. The minimum absolute atomic E-state index is 0.427. The van der Waals surface area contributed by atoms with Gasteiger partial charge in [0.15, 0.2) is 34.9 Å². The number of nitrogens with zero attached hydrogens (tertiary/aromatic N) is 6. The molecular weight excluding hydrogens is 1410 g/mol. The number of halogens is 1. The maximum absolute atomic E-state index is 9.85. The highest BCUT2D eigenvalue weighted by Gasteiger charge is 2.53. The third kappa shape index (κ3) is 10.7. The molecule has 10 heteroatoms. The molecule has 2 aromatic heterocycles. The van der Waals surface area contributed by atoms with Gasteiger partial charge in [-0.3, -0.25) is 0 Å². The van der Waals surface area contributed by atoms with Gasteiger partial charge in [0.05, 0.1) is 10.8 Å². The molecule has 18 aromatic rings. The summed E-state index contributed by atoms with van der Waals surface area (Å²) in [4.78, 5) is 29.8. The van der Waals surface area contributed by atoms with E-state index in [0.717, 1.165) is 70.9 Å². The van der Waals surface area contributed by atoms with E-state index in [-0.39, 0.29) is 0 Å². The second kappa shape index (κ2) is 27.1. The van der Waals surface area contributed by atoms with Crippen molar-refractivity contribution in [2.45, 2.75) is 10.8 Å². The van der Waals surface area contributed by atoms with Gasteiger partial charge < -0.3 is 10.0 Å². The van der Waals surface area contributed by atoms with Gasteiger partial charge in [-0.1, -0.05) is 358 Å². The van der Waals surface area contributed by atoms with Gasteiger partial charge in [-0.05, 0) is 156 Å². The zero-order valence-corrected chi connectivity index (χ0v) is 60.9. The molecule has 0 bridgehead atoms. The first-order valence-corrected chi connectivity index (χ1v) is 37.8. The Balaban J connectivity index is 0.000000118. The maximum atomic E-state index is 9.85. The van der Waals surface area contributed by atoms with Crippen molar-refractivity contribution in [1.29, 1.82) is 0 Å². The lowest BCUT2D eigenvalue weighted by molar-refractivity contribution is 0.425. The molecule has 2 heterocycles. The summed E-state index contributed by atoms with van der Waals surface area (Å²) in [5, 5.41) is 24.3. The van der Waals surface area contributed by atoms with Crippen molar-refractivity contribution >= 4 is 50.1 Å². The lowest BCUT2D eigenvalue weighted by atomic mass is 9.68. The fourth-order valence-corrected chi connectivity index (χ4v) is 18.2. The first-order valence-electron chi connectivity index (χ1n) is 37.0. The Hall–Kier alpha value is -13.5. The van der Waals surface area contributed by atoms with E-state index in [2.05, 4.69) is 265 Å². The summed E-state index contributed by atoms with van der Waals surface area (Å²) in [6, 6.07) is 131. The molecule has 110 heavy (non-hydrogen) atoms. The number of hydrogen-bond donors (Lipinski definition) is 2. The number of benzene rings is 16. The molecule has 516 valence electrons. The fourth-order valence-electron chi connectivity index (χ4n) is 17.6. The van der Waals surface area contributed by atoms with E-state index in [0.29, 0.717) is 40.4 Å². The summed E-state index contributed by atoms with van der Waals surface area (Å²) in [5.74, 6) is 3.92. The highest BCUT2D eigenvalue weighted by atomic mass is 79.9. The van der Waals surface area contributed by atoms with Gasteiger partial charge in [0, 0.05) is 43.4 Å². The summed E-state index contributed by atoms with van der Waals surface area (Å²) in [6.07, 6.45) is 0. The molecule has 0 radical (unpaired) electrons. The smallest absolute Gasteiger partial charge is 0.423 e. The molecule has 8 nitrogen and oxygen atoms in total. The van der Waals surface area contributed by atoms with Crippen LogP contribution < -0.4 is 5.46 Å². The number of aromatic nitrogens is 6. The van der Waals surface area contributed by atoms with Crippen LogP contribution in [0.4, 0.5) is 0 Å². The third-order valence-electron chi connectivity index (χ3n) is 22.3. The largest absolute Gasteiger partial charge is 0.488 e. The van der Waals surface area contributed by atoms with Crippen LogP contribution >= 0.6 is 15.9 Å². The first-order chi connectivity index (χ1) is 54.3. The average molecular weight is 1470 g/mol. The average Bonchev–Trinajstić information content (AvgIpc) is 1.51. The molecule has 0 fully saturated rings. The highest BCUT2D eigenvalue weighted by Crippen LogP contribution is 2.65. The van der Waals surface area contributed by atoms with Gasteiger partial charge in [-0.25, -0.2) is 29.9 Å². The Morgan fingerprint density at radius 1 is 0.218 bits per heavy atom. The minimum Gasteiger partial charge on any atom is -0.423 e. The second-order valence-electron chi connectivity index (χ2n) is 28.1. The second-order valence-corrected chi connectivity index (χ2v) is 28.9. The van der Waals surface area contributed by atoms with Crippen LogP contribution in [-0.2, 0) is 10.8 Å². The fraction of sp³-hybridized carbons (Fsp3) is 0.0200. The van der Waals surface area contributed by atoms with Crippen molar-refractivity contribution in [1.82, 2.24) is 29.9 Å². The summed E-state index contributed by atoms with van der Waals surface area (Å²) < 4.78 is 0.986. The van der Waals surface area contributed by atoms with E-state index in [1.165, 1.54) is 88.7 Å². The molecule has 0 unspecified atom stereocenters. The van der Waals surface area contributed by atoms with Gasteiger partial charge in [-0.2, -0.15) is 0 Å². The standard InChI is InChI=1S/C50H31N3.C25H17BO2.C25H16BrN3/c1-3-16-33(17-4-1)47-51-48(34-18-5-2-6-19-34)53-49(52-47)41-30-27-32-15-7-8-20-36(32)46(41)35-28-29-40-39-23-11-14-26-44(39)50(45(40)31-35)42-24-12-9-21-37(42)38-22-10-13-25-43(38)50;27-26(28)16-13-14-20-19-9-3-6-12-23(19)25(24(20)15-16)21-10-4-1-7-17(21)18-8-2-5-11-22(18)25;26-22-20-14-8-7-9-17(20)15-16-21(22)25-28-23(18-10-3-1-4-11-18)27-24(29-25)19-12-5-2-6-13-19/h1-31H;1-15,27-28H;1-16H. The predicted octanol–water partition coefficient (Wildman–Crippen LogP) is 22.5. The van der Waals surface area contributed by atoms with Crippen LogP contribution in [0.15, 0.2) is 381 Å². The van der Waals surface area contributed by atoms with Crippen LogP contribution in [0.3, 0.4) is 0 Å². The van der Waals surface area contributed by atoms with Crippen LogP contribution in [0.25, 0.3) is 146 Å². The van der Waals surface area contributed by atoms with Crippen LogP contribution in [0.2, 0.25) is 0 Å². The van der Waals surface area contributed by atoms with Crippen molar-refractivity contribution < 1.29 is 10.0 Å². The third-order valence-corrected chi connectivity index (χ3v) is 23.1. The number of hydrogen-bond acceptors (Lipinski definition) is 8. The topological polar surface area (TPSA) is 118 Å². The monoisotopic (exact) mass is 1470 g/mol. The van der Waals surface area contributed by atoms with Gasteiger partial charge >= 0.3 is 7.12 Å². The van der Waals surface area contributed by atoms with E-state index in [4.69, 9.17) is 29.9 Å². The lowest BCUT2D eigenvalue weighted by Gasteiger charge is -2.30. The van der Waals surface area contributed by atoms with Crippen molar-refractivity contribution in [3.8, 4) is 124 Å². The Bertz CT molecular complexity index is 6430. The van der Waals surface area contributed by atoms with Crippen LogP contribution in [-0.4, -0.2) is 47.1 Å². The molecule has 16 aromatic carbocycles. The number of rotatable bonds is 8. The molecule has 2 N–H and O–H groups in total. The summed E-state index contributed by atoms with van der Waals surface area (Å²) in [6.45, 7) is 0. The van der Waals surface area contributed by atoms with Gasteiger partial charge in [0.1, 0.15) is 0 Å². The van der Waals surface area contributed by atoms with E-state index >= 15 is 0 Å². The molecule has 0 saturated carbocycles. The molecule has 0 atom stereocenters. The Kier molecular flexibility index (Phi) is 16.2. The van der Waals surface area contributed by atoms with Crippen molar-refractivity contribution in [3.05, 3.63) is 425 Å². The van der Waals surface area contributed by atoms with E-state index in [1.54, 1.807) is 0 Å². The van der Waals surface area contributed by atoms with Crippen LogP contribution in [0.5, 0.6) is 0 Å². The molecule has 4 aliphatic carbocycles. The van der Waals surface area contributed by atoms with Crippen molar-refractivity contribution in [2.24, 2.45) is 0 Å². The summed E-state index contributed by atoms with van der Waals surface area (Å²) in [7, 11) is -1.49. The van der Waals surface area contributed by atoms with Crippen LogP contribution in [0, 0.1) is 0 Å². The van der Waals surface area contributed by atoms with Gasteiger partial charge in [0.2, 0.25) is 0 Å². The highest BCUT2D eigenvalue weighted by molar-refractivity contribution is 9.10. The predicted molar refractivity (Wildman–Crippen MR) is 449 cm³/mol. The maximum Gasteiger partial charge on any atom is 0.488 e. The van der Waals surface area contributed by atoms with Crippen molar-refractivity contribution in [3.63, 3.8) is 0 Å². The zero-order chi connectivity index (χ0) is 73.4. The van der Waals surface area contributed by atoms with Crippen molar-refractivity contribution in [2.75, 3.05) is 0 Å². The van der Waals surface area contributed by atoms with Gasteiger partial charge in [-0.15, -0.1) is 0 Å². The molecule has 4 aliphatic rings. The molecule has 0 aliphatic heterocycles. The number of fused-ring (bicyclic) bond motifs is 22. The van der Waals surface area contributed by atoms with E-state index in [9.17, 15) is 10.0 Å². The van der Waals surface area contributed by atoms with E-state index < -0.39 is 17.9 Å². The summed E-state index contributed by atoms with van der Waals surface area (Å²) in [5.41, 5.74) is 27.9. The van der Waals surface area contributed by atoms with Crippen LogP contribution in [0.1, 0.15) is 44.5 Å². The first kappa shape index (κ1) is 66.0. The minimum atomic E-state index is -1.49. The Morgan fingerprint density at radius 2 is 0.500 bits per heavy atom. The quantitative estimate of drug-likeness (QED) is 0.145. The SMILES string of the molecule is Brc1c(-c2nc(-c3ccccc3)nc(-c3ccccc3)n2)ccc2ccccc12.OB(O)c1ccc2c(c1)C1(c3ccccc3-c3ccccc31)c1ccccc1-2.c1ccc(-c2nc(-c3ccccc3)nc(-c3ccc4ccccc4c3-c3ccc4c(c3)C3(c5ccccc5-c5ccccc53)c3ccccc3-4)n2)cc1. The molecule has 22 rings (SSSR count). The zero-order valence-electron chi connectivity index (χ0n) is 59.3. The normalized spacial score (nSPS) is 12.8.